The van der Waals surface area contributed by atoms with Gasteiger partial charge in [0.15, 0.2) is 0 Å². The highest BCUT2D eigenvalue weighted by Gasteiger charge is 2.13. The number of nitrogens with one attached hydrogen (secondary N) is 1. The molecule has 2 aromatic heterocycles. The predicted octanol–water partition coefficient (Wildman–Crippen LogP) is 3.41. The molecule has 4 rings (SSSR count). The lowest BCUT2D eigenvalue weighted by molar-refractivity contribution is -0.113. The van der Waals surface area contributed by atoms with E-state index in [4.69, 9.17) is 4.42 Å². The highest BCUT2D eigenvalue weighted by molar-refractivity contribution is 7.99. The number of carbonyl (C=O) groups is 1. The number of anilines is 1. The Kier molecular flexibility index (Phi) is 4.57. The second kappa shape index (κ2) is 7.32. The first kappa shape index (κ1) is 16.2. The summed E-state index contributed by atoms with van der Waals surface area (Å²) in [5, 5.41) is 13.2. The van der Waals surface area contributed by atoms with Gasteiger partial charge in [-0.2, -0.15) is 0 Å². The molecule has 4 aromatic rings. The van der Waals surface area contributed by atoms with Crippen LogP contribution in [0.4, 0.5) is 5.95 Å². The summed E-state index contributed by atoms with van der Waals surface area (Å²) in [7, 11) is 0. The van der Waals surface area contributed by atoms with Crippen molar-refractivity contribution in [1.29, 1.82) is 0 Å². The van der Waals surface area contributed by atoms with Gasteiger partial charge in [0.1, 0.15) is 0 Å². The van der Waals surface area contributed by atoms with E-state index in [2.05, 4.69) is 25.5 Å². The van der Waals surface area contributed by atoms with Gasteiger partial charge in [-0.3, -0.25) is 10.1 Å². The van der Waals surface area contributed by atoms with Gasteiger partial charge >= 0.3 is 0 Å². The zero-order chi connectivity index (χ0) is 17.8. The zero-order valence-electron chi connectivity index (χ0n) is 13.5. The lowest BCUT2D eigenvalue weighted by Gasteiger charge is -2.02. The summed E-state index contributed by atoms with van der Waals surface area (Å²) in [6.07, 6.45) is 3.12. The average Bonchev–Trinajstić information content (AvgIpc) is 3.16. The van der Waals surface area contributed by atoms with Crippen molar-refractivity contribution < 1.29 is 9.21 Å². The van der Waals surface area contributed by atoms with E-state index in [1.807, 2.05) is 42.5 Å². The molecule has 26 heavy (non-hydrogen) atoms. The van der Waals surface area contributed by atoms with Gasteiger partial charge in [-0.25, -0.2) is 9.97 Å². The van der Waals surface area contributed by atoms with Gasteiger partial charge in [0.2, 0.25) is 17.7 Å². The molecular weight excluding hydrogens is 350 g/mol. The van der Waals surface area contributed by atoms with Crippen LogP contribution in [-0.4, -0.2) is 31.8 Å². The largest absolute Gasteiger partial charge is 0.411 e. The maximum atomic E-state index is 11.9. The van der Waals surface area contributed by atoms with Crippen molar-refractivity contribution in [3.05, 3.63) is 60.9 Å². The first-order chi connectivity index (χ1) is 12.8. The molecule has 0 aliphatic carbocycles. The number of thioether (sulfide) groups is 1. The molecule has 0 radical (unpaired) electrons. The van der Waals surface area contributed by atoms with Crippen molar-refractivity contribution in [1.82, 2.24) is 20.2 Å². The van der Waals surface area contributed by atoms with E-state index in [1.54, 1.807) is 18.5 Å². The minimum Gasteiger partial charge on any atom is -0.411 e. The molecule has 0 atom stereocenters. The number of aromatic nitrogens is 4. The molecule has 0 saturated heterocycles. The Hall–Kier alpha value is -3.26. The lowest BCUT2D eigenvalue weighted by Crippen LogP contribution is -2.15. The summed E-state index contributed by atoms with van der Waals surface area (Å²) < 4.78 is 5.71. The van der Waals surface area contributed by atoms with Crippen molar-refractivity contribution in [3.8, 4) is 11.5 Å². The first-order valence-corrected chi connectivity index (χ1v) is 8.79. The van der Waals surface area contributed by atoms with Crippen molar-refractivity contribution in [2.45, 2.75) is 5.22 Å². The Morgan fingerprint density at radius 1 is 1.00 bits per heavy atom. The van der Waals surface area contributed by atoms with E-state index in [0.717, 1.165) is 28.1 Å². The molecule has 0 fully saturated rings. The number of fused-ring (bicyclic) bond motifs is 1. The van der Waals surface area contributed by atoms with Crippen LogP contribution >= 0.6 is 11.8 Å². The minimum absolute atomic E-state index is 0.120. The molecule has 128 valence electrons. The molecular formula is C18H13N5O2S. The quantitative estimate of drug-likeness (QED) is 0.543. The Morgan fingerprint density at radius 3 is 2.69 bits per heavy atom. The second-order valence-electron chi connectivity index (χ2n) is 5.31. The van der Waals surface area contributed by atoms with E-state index in [0.29, 0.717) is 11.1 Å². The van der Waals surface area contributed by atoms with Crippen LogP contribution in [0.15, 0.2) is 70.6 Å². The van der Waals surface area contributed by atoms with Gasteiger partial charge in [0.25, 0.3) is 5.22 Å². The standard InChI is InChI=1S/C18H13N5O2S/c24-15(21-17-19-9-4-10-20-17)11-26-18-23-22-16(25-18)14-8-3-6-12-5-1-2-7-13(12)14/h1-10H,11H2,(H,19,20,21,24). The van der Waals surface area contributed by atoms with E-state index in [9.17, 15) is 4.79 Å². The summed E-state index contributed by atoms with van der Waals surface area (Å²) in [5.41, 5.74) is 0.865. The van der Waals surface area contributed by atoms with Crippen LogP contribution in [0.2, 0.25) is 0 Å². The molecule has 1 amide bonds. The number of nitrogens with zero attached hydrogens (tertiary/aromatic N) is 4. The summed E-state index contributed by atoms with van der Waals surface area (Å²) in [6.45, 7) is 0. The number of hydrogen-bond acceptors (Lipinski definition) is 7. The van der Waals surface area contributed by atoms with Gasteiger partial charge in [0.05, 0.1) is 5.75 Å². The van der Waals surface area contributed by atoms with Crippen LogP contribution < -0.4 is 5.32 Å². The summed E-state index contributed by atoms with van der Waals surface area (Å²) >= 11 is 1.16. The molecule has 0 aliphatic rings. The van der Waals surface area contributed by atoms with Gasteiger partial charge < -0.3 is 4.42 Å². The van der Waals surface area contributed by atoms with E-state index in [1.165, 1.54) is 0 Å². The molecule has 0 aliphatic heterocycles. The molecule has 2 heterocycles. The van der Waals surface area contributed by atoms with E-state index in [-0.39, 0.29) is 17.6 Å². The second-order valence-corrected chi connectivity index (χ2v) is 6.24. The normalized spacial score (nSPS) is 10.8. The van der Waals surface area contributed by atoms with E-state index < -0.39 is 0 Å². The number of hydrogen-bond donors (Lipinski definition) is 1. The lowest BCUT2D eigenvalue weighted by atomic mass is 10.0. The number of benzene rings is 2. The van der Waals surface area contributed by atoms with E-state index >= 15 is 0 Å². The van der Waals surface area contributed by atoms with Crippen LogP contribution in [0.3, 0.4) is 0 Å². The fourth-order valence-electron chi connectivity index (χ4n) is 2.44. The Morgan fingerprint density at radius 2 is 1.81 bits per heavy atom. The molecule has 1 N–H and O–H groups in total. The van der Waals surface area contributed by atoms with Crippen molar-refractivity contribution in [2.24, 2.45) is 0 Å². The van der Waals surface area contributed by atoms with Crippen LogP contribution in [0.25, 0.3) is 22.2 Å². The fraction of sp³-hybridized carbons (Fsp3) is 0.0556. The zero-order valence-corrected chi connectivity index (χ0v) is 14.3. The van der Waals surface area contributed by atoms with Gasteiger partial charge in [-0.05, 0) is 22.9 Å². The van der Waals surface area contributed by atoms with Crippen LogP contribution in [0, 0.1) is 0 Å². The van der Waals surface area contributed by atoms with Crippen LogP contribution in [0.1, 0.15) is 0 Å². The molecule has 7 nitrogen and oxygen atoms in total. The smallest absolute Gasteiger partial charge is 0.277 e. The monoisotopic (exact) mass is 363 g/mol. The Bertz CT molecular complexity index is 1050. The highest BCUT2D eigenvalue weighted by Crippen LogP contribution is 2.29. The summed E-state index contributed by atoms with van der Waals surface area (Å²) in [6, 6.07) is 15.6. The number of carbonyl (C=O) groups excluding carboxylic acids is 1. The first-order valence-electron chi connectivity index (χ1n) is 7.81. The molecule has 0 saturated carbocycles. The van der Waals surface area contributed by atoms with Gasteiger partial charge in [-0.1, -0.05) is 48.2 Å². The summed E-state index contributed by atoms with van der Waals surface area (Å²) in [5.74, 6) is 0.567. The molecule has 2 aromatic carbocycles. The van der Waals surface area contributed by atoms with Gasteiger partial charge in [-0.15, -0.1) is 10.2 Å². The Balaban J connectivity index is 1.45. The van der Waals surface area contributed by atoms with Crippen LogP contribution in [-0.2, 0) is 4.79 Å². The molecule has 0 unspecified atom stereocenters. The predicted molar refractivity (Wildman–Crippen MR) is 98.6 cm³/mol. The maximum absolute atomic E-state index is 11.9. The highest BCUT2D eigenvalue weighted by atomic mass is 32.2. The third-order valence-electron chi connectivity index (χ3n) is 3.57. The molecule has 0 spiro atoms. The van der Waals surface area contributed by atoms with Crippen LogP contribution in [0.5, 0.6) is 0 Å². The average molecular weight is 363 g/mol. The number of rotatable bonds is 5. The molecule has 8 heteroatoms. The van der Waals surface area contributed by atoms with Crippen molar-refractivity contribution in [2.75, 3.05) is 11.1 Å². The fourth-order valence-corrected chi connectivity index (χ4v) is 3.00. The third-order valence-corrected chi connectivity index (χ3v) is 4.39. The van der Waals surface area contributed by atoms with Crippen molar-refractivity contribution in [3.63, 3.8) is 0 Å². The maximum Gasteiger partial charge on any atom is 0.277 e. The third kappa shape index (κ3) is 3.55. The number of amides is 1. The van der Waals surface area contributed by atoms with Crippen molar-refractivity contribution >= 4 is 34.4 Å². The topological polar surface area (TPSA) is 93.8 Å². The minimum atomic E-state index is -0.244. The Labute approximate surface area is 152 Å². The van der Waals surface area contributed by atoms with Gasteiger partial charge in [0, 0.05) is 18.0 Å². The molecule has 0 bridgehead atoms. The SMILES string of the molecule is O=C(CSc1nnc(-c2cccc3ccccc23)o1)Nc1ncccn1. The summed E-state index contributed by atoms with van der Waals surface area (Å²) in [4.78, 5) is 19.8.